The molecule has 4 heteroatoms. The van der Waals surface area contributed by atoms with Crippen LogP contribution in [0.4, 0.5) is 0 Å². The molecule has 0 bridgehead atoms. The number of nitrogens with zero attached hydrogens (tertiary/aromatic N) is 2. The summed E-state index contributed by atoms with van der Waals surface area (Å²) in [5, 5.41) is 8.25. The van der Waals surface area contributed by atoms with E-state index >= 15 is 0 Å². The molecule has 0 spiro atoms. The van der Waals surface area contributed by atoms with Crippen LogP contribution in [0.15, 0.2) is 10.7 Å². The van der Waals surface area contributed by atoms with Crippen molar-refractivity contribution in [3.63, 3.8) is 0 Å². The van der Waals surface area contributed by atoms with Gasteiger partial charge in [0.25, 0.3) is 0 Å². The number of halogens is 1. The van der Waals surface area contributed by atoms with Crippen molar-refractivity contribution in [2.45, 2.75) is 77.8 Å². The lowest BCUT2D eigenvalue weighted by Crippen LogP contribution is -2.26. The summed E-state index contributed by atoms with van der Waals surface area (Å²) in [6, 6.07) is 0.432. The van der Waals surface area contributed by atoms with E-state index in [0.717, 1.165) is 29.9 Å². The van der Waals surface area contributed by atoms with Gasteiger partial charge in [0.15, 0.2) is 0 Å². The fourth-order valence-corrected chi connectivity index (χ4v) is 4.15. The SMILES string of the molecule is CCCn1ncc(Br)c1C(CC1CCCCCC1)NCC. The summed E-state index contributed by atoms with van der Waals surface area (Å²) in [4.78, 5) is 0. The Kier molecular flexibility index (Phi) is 7.24. The van der Waals surface area contributed by atoms with Crippen molar-refractivity contribution >= 4 is 15.9 Å². The summed E-state index contributed by atoms with van der Waals surface area (Å²) in [6.07, 6.45) is 12.8. The van der Waals surface area contributed by atoms with Crippen molar-refractivity contribution in [1.29, 1.82) is 0 Å². The molecular formula is C17H30BrN3. The van der Waals surface area contributed by atoms with Gasteiger partial charge in [-0.25, -0.2) is 0 Å². The molecule has 0 radical (unpaired) electrons. The molecule has 1 aromatic rings. The Morgan fingerprint density at radius 3 is 2.62 bits per heavy atom. The van der Waals surface area contributed by atoms with E-state index in [1.54, 1.807) is 0 Å². The van der Waals surface area contributed by atoms with Crippen LogP contribution in [0.3, 0.4) is 0 Å². The van der Waals surface area contributed by atoms with Gasteiger partial charge in [0.1, 0.15) is 0 Å². The van der Waals surface area contributed by atoms with Crippen LogP contribution in [0.25, 0.3) is 0 Å². The molecule has 0 amide bonds. The largest absolute Gasteiger partial charge is 0.309 e. The maximum absolute atomic E-state index is 4.55. The molecule has 1 aliphatic carbocycles. The molecule has 21 heavy (non-hydrogen) atoms. The van der Waals surface area contributed by atoms with Gasteiger partial charge in [-0.15, -0.1) is 0 Å². The van der Waals surface area contributed by atoms with Gasteiger partial charge in [0.2, 0.25) is 0 Å². The summed E-state index contributed by atoms with van der Waals surface area (Å²) in [6.45, 7) is 6.44. The van der Waals surface area contributed by atoms with Gasteiger partial charge in [-0.2, -0.15) is 5.10 Å². The van der Waals surface area contributed by atoms with Crippen LogP contribution in [-0.2, 0) is 6.54 Å². The van der Waals surface area contributed by atoms with E-state index in [1.165, 1.54) is 50.6 Å². The normalized spacial score (nSPS) is 18.6. The highest BCUT2D eigenvalue weighted by Crippen LogP contribution is 2.33. The zero-order valence-corrected chi connectivity index (χ0v) is 15.2. The highest BCUT2D eigenvalue weighted by Gasteiger charge is 2.23. The van der Waals surface area contributed by atoms with Crippen molar-refractivity contribution in [1.82, 2.24) is 15.1 Å². The van der Waals surface area contributed by atoms with E-state index in [-0.39, 0.29) is 0 Å². The van der Waals surface area contributed by atoms with Gasteiger partial charge in [0.05, 0.1) is 22.4 Å². The van der Waals surface area contributed by atoms with Crippen LogP contribution < -0.4 is 5.32 Å². The summed E-state index contributed by atoms with van der Waals surface area (Å²) in [7, 11) is 0. The minimum atomic E-state index is 0.432. The van der Waals surface area contributed by atoms with Crippen LogP contribution in [0.5, 0.6) is 0 Å². The second-order valence-electron chi connectivity index (χ2n) is 6.30. The fraction of sp³-hybridized carbons (Fsp3) is 0.824. The second-order valence-corrected chi connectivity index (χ2v) is 7.16. The quantitative estimate of drug-likeness (QED) is 0.692. The number of aryl methyl sites for hydroxylation is 1. The predicted molar refractivity (Wildman–Crippen MR) is 92.4 cm³/mol. The fourth-order valence-electron chi connectivity index (χ4n) is 3.58. The molecule has 1 N–H and O–H groups in total. The predicted octanol–water partition coefficient (Wildman–Crippen LogP) is 5.07. The number of hydrogen-bond acceptors (Lipinski definition) is 2. The van der Waals surface area contributed by atoms with Crippen molar-refractivity contribution < 1.29 is 0 Å². The van der Waals surface area contributed by atoms with Gasteiger partial charge in [-0.3, -0.25) is 4.68 Å². The Morgan fingerprint density at radius 2 is 2.00 bits per heavy atom. The molecule has 1 aliphatic rings. The zero-order chi connectivity index (χ0) is 15.1. The molecular weight excluding hydrogens is 326 g/mol. The van der Waals surface area contributed by atoms with E-state index < -0.39 is 0 Å². The number of nitrogens with one attached hydrogen (secondary N) is 1. The Morgan fingerprint density at radius 1 is 1.29 bits per heavy atom. The first kappa shape index (κ1) is 17.0. The smallest absolute Gasteiger partial charge is 0.0695 e. The second kappa shape index (κ2) is 8.94. The molecule has 1 fully saturated rings. The van der Waals surface area contributed by atoms with Gasteiger partial charge in [-0.1, -0.05) is 52.4 Å². The first-order valence-corrected chi connectivity index (χ1v) is 9.50. The molecule has 1 unspecified atom stereocenters. The molecule has 1 heterocycles. The molecule has 1 atom stereocenters. The Bertz CT molecular complexity index is 408. The molecule has 1 aromatic heterocycles. The third kappa shape index (κ3) is 4.82. The number of rotatable bonds is 7. The van der Waals surface area contributed by atoms with Gasteiger partial charge in [0, 0.05) is 6.54 Å². The van der Waals surface area contributed by atoms with Gasteiger partial charge >= 0.3 is 0 Å². The van der Waals surface area contributed by atoms with Gasteiger partial charge in [-0.05, 0) is 41.2 Å². The van der Waals surface area contributed by atoms with E-state index in [9.17, 15) is 0 Å². The topological polar surface area (TPSA) is 29.9 Å². The van der Waals surface area contributed by atoms with Gasteiger partial charge < -0.3 is 5.32 Å². The lowest BCUT2D eigenvalue weighted by Gasteiger charge is -2.25. The Labute approximate surface area is 138 Å². The average molecular weight is 356 g/mol. The Hall–Kier alpha value is -0.350. The van der Waals surface area contributed by atoms with Crippen molar-refractivity contribution in [2.24, 2.45) is 5.92 Å². The Balaban J connectivity index is 2.11. The lowest BCUT2D eigenvalue weighted by molar-refractivity contribution is 0.344. The molecule has 0 aromatic carbocycles. The third-order valence-corrected chi connectivity index (χ3v) is 5.20. The molecule has 120 valence electrons. The monoisotopic (exact) mass is 355 g/mol. The van der Waals surface area contributed by atoms with Crippen LogP contribution >= 0.6 is 15.9 Å². The highest BCUT2D eigenvalue weighted by molar-refractivity contribution is 9.10. The number of aromatic nitrogens is 2. The molecule has 0 saturated heterocycles. The minimum Gasteiger partial charge on any atom is -0.309 e. The highest BCUT2D eigenvalue weighted by atomic mass is 79.9. The maximum Gasteiger partial charge on any atom is 0.0695 e. The zero-order valence-electron chi connectivity index (χ0n) is 13.6. The third-order valence-electron chi connectivity index (χ3n) is 4.59. The van der Waals surface area contributed by atoms with Crippen LogP contribution in [0, 0.1) is 5.92 Å². The molecule has 0 aliphatic heterocycles. The minimum absolute atomic E-state index is 0.432. The summed E-state index contributed by atoms with van der Waals surface area (Å²) in [5.74, 6) is 0.869. The molecule has 1 saturated carbocycles. The van der Waals surface area contributed by atoms with E-state index in [2.05, 4.69) is 44.9 Å². The summed E-state index contributed by atoms with van der Waals surface area (Å²) >= 11 is 3.71. The standard InChI is InChI=1S/C17H30BrN3/c1-3-11-21-17(15(18)13-20-21)16(19-4-2)12-14-9-7-5-6-8-10-14/h13-14,16,19H,3-12H2,1-2H3. The lowest BCUT2D eigenvalue weighted by atomic mass is 9.91. The maximum atomic E-state index is 4.55. The first-order valence-electron chi connectivity index (χ1n) is 8.70. The summed E-state index contributed by atoms with van der Waals surface area (Å²) < 4.78 is 3.35. The molecule has 3 nitrogen and oxygen atoms in total. The first-order chi connectivity index (χ1) is 10.3. The van der Waals surface area contributed by atoms with E-state index in [4.69, 9.17) is 0 Å². The van der Waals surface area contributed by atoms with Crippen LogP contribution in [0.2, 0.25) is 0 Å². The van der Waals surface area contributed by atoms with Crippen molar-refractivity contribution in [3.8, 4) is 0 Å². The van der Waals surface area contributed by atoms with Crippen molar-refractivity contribution in [3.05, 3.63) is 16.4 Å². The van der Waals surface area contributed by atoms with Crippen LogP contribution in [-0.4, -0.2) is 16.3 Å². The van der Waals surface area contributed by atoms with Crippen molar-refractivity contribution in [2.75, 3.05) is 6.54 Å². The van der Waals surface area contributed by atoms with E-state index in [0.29, 0.717) is 6.04 Å². The van der Waals surface area contributed by atoms with Crippen LogP contribution in [0.1, 0.15) is 76.9 Å². The average Bonchev–Trinajstić information content (AvgIpc) is 2.67. The molecule has 2 rings (SSSR count). The summed E-state index contributed by atoms with van der Waals surface area (Å²) in [5.41, 5.74) is 1.35. The van der Waals surface area contributed by atoms with E-state index in [1.807, 2.05) is 6.20 Å². The number of hydrogen-bond donors (Lipinski definition) is 1.